The highest BCUT2D eigenvalue weighted by Gasteiger charge is 2.19. The Morgan fingerprint density at radius 3 is 0.744 bits per heavy atom. The van der Waals surface area contributed by atoms with Gasteiger partial charge >= 0.3 is 17.9 Å². The molecule has 0 aliphatic heterocycles. The van der Waals surface area contributed by atoms with Crippen LogP contribution in [0.4, 0.5) is 0 Å². The largest absolute Gasteiger partial charge is 0.462 e. The number of hydrogen-bond donors (Lipinski definition) is 0. The molecule has 0 aliphatic carbocycles. The van der Waals surface area contributed by atoms with Gasteiger partial charge in [-0.05, 0) is 122 Å². The molecule has 0 amide bonds. The molecule has 82 heavy (non-hydrogen) atoms. The summed E-state index contributed by atoms with van der Waals surface area (Å²) in [6, 6.07) is 0. The summed E-state index contributed by atoms with van der Waals surface area (Å²) >= 11 is 0. The standard InChI is InChI=1S/C76H126O6/c1-4-7-10-13-16-19-22-25-27-29-31-33-35-36-37-38-39-40-42-43-45-47-49-51-54-57-60-63-66-69-75(78)81-72-73(71-80-74(77)68-65-62-59-56-53-24-21-18-15-12-9-6-3)82-76(79)70-67-64-61-58-55-52-50-48-46-44-41-34-32-30-28-26-23-20-17-14-11-8-5-2/h7,10,16,19,23,25-27,30-33,36-37,39-41,43-45,49,51,73H,4-6,8-9,11-15,17-18,20-22,24,28-29,34-35,38,42,46-48,50,52-72H2,1-3H3/b10-7-,19-16-,26-23-,27-25-,32-30-,33-31-,37-36-,40-39-,44-41-,45-43-,51-49-. The third-order valence-electron chi connectivity index (χ3n) is 14.4. The lowest BCUT2D eigenvalue weighted by atomic mass is 10.0. The van der Waals surface area contributed by atoms with Crippen LogP contribution < -0.4 is 0 Å². The average Bonchev–Trinajstić information content (AvgIpc) is 3.47. The van der Waals surface area contributed by atoms with Crippen LogP contribution in [-0.4, -0.2) is 37.2 Å². The fraction of sp³-hybridized carbons (Fsp3) is 0.671. The van der Waals surface area contributed by atoms with Gasteiger partial charge in [-0.25, -0.2) is 0 Å². The van der Waals surface area contributed by atoms with Crippen molar-refractivity contribution in [2.24, 2.45) is 0 Å². The number of rotatable bonds is 61. The molecule has 0 spiro atoms. The summed E-state index contributed by atoms with van der Waals surface area (Å²) in [5, 5.41) is 0. The fourth-order valence-electron chi connectivity index (χ4n) is 9.29. The molecule has 0 saturated heterocycles. The number of carbonyl (C=O) groups is 3. The lowest BCUT2D eigenvalue weighted by molar-refractivity contribution is -0.167. The molecule has 0 saturated carbocycles. The second kappa shape index (κ2) is 69.0. The predicted molar refractivity (Wildman–Crippen MR) is 357 cm³/mol. The first-order chi connectivity index (χ1) is 40.5. The second-order valence-corrected chi connectivity index (χ2v) is 22.4. The minimum atomic E-state index is -0.797. The van der Waals surface area contributed by atoms with Crippen LogP contribution in [0.3, 0.4) is 0 Å². The number of esters is 3. The van der Waals surface area contributed by atoms with Crippen molar-refractivity contribution in [1.29, 1.82) is 0 Å². The topological polar surface area (TPSA) is 78.9 Å². The van der Waals surface area contributed by atoms with E-state index in [1.54, 1.807) is 0 Å². The molecule has 6 nitrogen and oxygen atoms in total. The van der Waals surface area contributed by atoms with E-state index in [1.165, 1.54) is 128 Å². The first-order valence-electron chi connectivity index (χ1n) is 34.2. The third kappa shape index (κ3) is 66.4. The average molecular weight is 1140 g/mol. The smallest absolute Gasteiger partial charge is 0.306 e. The van der Waals surface area contributed by atoms with Gasteiger partial charge in [-0.2, -0.15) is 0 Å². The minimum Gasteiger partial charge on any atom is -0.462 e. The van der Waals surface area contributed by atoms with Crippen molar-refractivity contribution in [3.63, 3.8) is 0 Å². The molecular formula is C76H126O6. The van der Waals surface area contributed by atoms with Gasteiger partial charge in [-0.15, -0.1) is 0 Å². The van der Waals surface area contributed by atoms with Gasteiger partial charge < -0.3 is 14.2 Å². The fourth-order valence-corrected chi connectivity index (χ4v) is 9.29. The molecule has 0 aliphatic rings. The van der Waals surface area contributed by atoms with E-state index < -0.39 is 6.10 Å². The highest BCUT2D eigenvalue weighted by atomic mass is 16.6. The summed E-state index contributed by atoms with van der Waals surface area (Å²) in [4.78, 5) is 38.4. The molecule has 466 valence electrons. The zero-order chi connectivity index (χ0) is 59.2. The number of hydrogen-bond acceptors (Lipinski definition) is 6. The van der Waals surface area contributed by atoms with Crippen LogP contribution in [0.2, 0.25) is 0 Å². The van der Waals surface area contributed by atoms with Crippen LogP contribution in [0, 0.1) is 0 Å². The van der Waals surface area contributed by atoms with Gasteiger partial charge in [-0.1, -0.05) is 302 Å². The summed E-state index contributed by atoms with van der Waals surface area (Å²) in [5.41, 5.74) is 0. The van der Waals surface area contributed by atoms with Gasteiger partial charge in [0.15, 0.2) is 6.10 Å². The van der Waals surface area contributed by atoms with Crippen LogP contribution in [0.25, 0.3) is 0 Å². The summed E-state index contributed by atoms with van der Waals surface area (Å²) in [6.45, 7) is 6.50. The van der Waals surface area contributed by atoms with Gasteiger partial charge in [-0.3, -0.25) is 14.4 Å². The Balaban J connectivity index is 4.38. The molecule has 0 aromatic heterocycles. The molecule has 6 heteroatoms. The van der Waals surface area contributed by atoms with E-state index >= 15 is 0 Å². The zero-order valence-corrected chi connectivity index (χ0v) is 53.5. The van der Waals surface area contributed by atoms with Crippen molar-refractivity contribution in [3.05, 3.63) is 134 Å². The van der Waals surface area contributed by atoms with Crippen LogP contribution >= 0.6 is 0 Å². The van der Waals surface area contributed by atoms with E-state index in [-0.39, 0.29) is 31.1 Å². The molecule has 0 N–H and O–H groups in total. The van der Waals surface area contributed by atoms with E-state index in [1.807, 2.05) is 0 Å². The first-order valence-corrected chi connectivity index (χ1v) is 34.2. The Bertz CT molecular complexity index is 1730. The van der Waals surface area contributed by atoms with Crippen LogP contribution in [-0.2, 0) is 28.6 Å². The van der Waals surface area contributed by atoms with E-state index in [4.69, 9.17) is 14.2 Å². The second-order valence-electron chi connectivity index (χ2n) is 22.4. The normalized spacial score (nSPS) is 13.0. The maximum absolute atomic E-state index is 12.9. The Hall–Kier alpha value is -4.45. The summed E-state index contributed by atoms with van der Waals surface area (Å²) in [6.07, 6.45) is 97.5. The summed E-state index contributed by atoms with van der Waals surface area (Å²) < 4.78 is 16.9. The van der Waals surface area contributed by atoms with Crippen molar-refractivity contribution in [1.82, 2.24) is 0 Å². The molecule has 0 rings (SSSR count). The number of ether oxygens (including phenoxy) is 3. The van der Waals surface area contributed by atoms with Crippen LogP contribution in [0.1, 0.15) is 310 Å². The lowest BCUT2D eigenvalue weighted by Crippen LogP contribution is -2.30. The van der Waals surface area contributed by atoms with Crippen molar-refractivity contribution in [2.45, 2.75) is 316 Å². The highest BCUT2D eigenvalue weighted by molar-refractivity contribution is 5.71. The first kappa shape index (κ1) is 77.5. The Kier molecular flexibility index (Phi) is 65.3. The number of unbranched alkanes of at least 4 members (excludes halogenated alkanes) is 28. The van der Waals surface area contributed by atoms with Crippen LogP contribution in [0.15, 0.2) is 134 Å². The van der Waals surface area contributed by atoms with Crippen molar-refractivity contribution >= 4 is 17.9 Å². The Labute approximate surface area is 506 Å². The third-order valence-corrected chi connectivity index (χ3v) is 14.4. The lowest BCUT2D eigenvalue weighted by Gasteiger charge is -2.18. The quantitative estimate of drug-likeness (QED) is 0.0261. The van der Waals surface area contributed by atoms with Crippen molar-refractivity contribution < 1.29 is 28.6 Å². The molecule has 0 aromatic rings. The van der Waals surface area contributed by atoms with Gasteiger partial charge in [0.05, 0.1) is 0 Å². The van der Waals surface area contributed by atoms with E-state index in [9.17, 15) is 14.4 Å². The van der Waals surface area contributed by atoms with E-state index in [0.29, 0.717) is 19.3 Å². The molecule has 1 atom stereocenters. The molecule has 0 heterocycles. The zero-order valence-electron chi connectivity index (χ0n) is 53.5. The monoisotopic (exact) mass is 1130 g/mol. The van der Waals surface area contributed by atoms with Gasteiger partial charge in [0.25, 0.3) is 0 Å². The summed E-state index contributed by atoms with van der Waals surface area (Å²) in [7, 11) is 0. The van der Waals surface area contributed by atoms with Gasteiger partial charge in [0, 0.05) is 19.3 Å². The molecule has 1 unspecified atom stereocenters. The van der Waals surface area contributed by atoms with E-state index in [0.717, 1.165) is 141 Å². The molecule has 0 aromatic carbocycles. The van der Waals surface area contributed by atoms with Crippen LogP contribution in [0.5, 0.6) is 0 Å². The molecule has 0 radical (unpaired) electrons. The van der Waals surface area contributed by atoms with Crippen molar-refractivity contribution in [2.75, 3.05) is 13.2 Å². The SMILES string of the molecule is CC/C=C\C/C=C\C/C=C\C/C=C\C/C=C\C/C=C\C/C=C\C/C=C\CCCCCCC(=O)OCC(COC(=O)CCCCCCCCCCCCCC)OC(=O)CCCCCCCCCC/C=C\C/C=C\C/C=C\CCCCCCC. The minimum absolute atomic E-state index is 0.0903. The molecule has 0 bridgehead atoms. The summed E-state index contributed by atoms with van der Waals surface area (Å²) in [5.74, 6) is -0.918. The molecule has 0 fully saturated rings. The van der Waals surface area contributed by atoms with Crippen molar-refractivity contribution in [3.8, 4) is 0 Å². The molecular weight excluding hydrogens is 1010 g/mol. The number of allylic oxidation sites excluding steroid dienone is 22. The van der Waals surface area contributed by atoms with E-state index in [2.05, 4.69) is 154 Å². The number of carbonyl (C=O) groups excluding carboxylic acids is 3. The predicted octanol–water partition coefficient (Wildman–Crippen LogP) is 23.7. The maximum atomic E-state index is 12.9. The maximum Gasteiger partial charge on any atom is 0.306 e. The Morgan fingerprint density at radius 1 is 0.256 bits per heavy atom. The van der Waals surface area contributed by atoms with Gasteiger partial charge in [0.1, 0.15) is 13.2 Å². The highest BCUT2D eigenvalue weighted by Crippen LogP contribution is 2.16. The Morgan fingerprint density at radius 2 is 0.476 bits per heavy atom. The van der Waals surface area contributed by atoms with Gasteiger partial charge in [0.2, 0.25) is 0 Å².